The van der Waals surface area contributed by atoms with Crippen molar-refractivity contribution >= 4 is 29.1 Å². The first-order valence-corrected chi connectivity index (χ1v) is 10.0. The standard InChI is InChI=1S/C25H25N3O3/c1-16(2)26-25(31)20-11-7-8-12-21(20)27-24(30)19-14-13-17(3)22(15-19)28-23(29)18-9-5-4-6-10-18/h4-16H,1-3H3,(H,26,31)(H,27,30)(H,28,29). The molecule has 3 aromatic rings. The molecule has 3 aromatic carbocycles. The Morgan fingerprint density at radius 2 is 1.29 bits per heavy atom. The van der Waals surface area contributed by atoms with Crippen LogP contribution in [0.15, 0.2) is 72.8 Å². The monoisotopic (exact) mass is 415 g/mol. The Morgan fingerprint density at radius 3 is 2.00 bits per heavy atom. The maximum Gasteiger partial charge on any atom is 0.255 e. The number of hydrogen-bond donors (Lipinski definition) is 3. The molecule has 31 heavy (non-hydrogen) atoms. The molecular weight excluding hydrogens is 390 g/mol. The molecule has 0 fully saturated rings. The minimum absolute atomic E-state index is 0.0239. The lowest BCUT2D eigenvalue weighted by molar-refractivity contribution is 0.0943. The van der Waals surface area contributed by atoms with Gasteiger partial charge < -0.3 is 16.0 Å². The van der Waals surface area contributed by atoms with Gasteiger partial charge in [-0.2, -0.15) is 0 Å². The Labute approximate surface area is 181 Å². The number of hydrogen-bond acceptors (Lipinski definition) is 3. The van der Waals surface area contributed by atoms with Crippen LogP contribution in [0.2, 0.25) is 0 Å². The van der Waals surface area contributed by atoms with Crippen molar-refractivity contribution in [2.45, 2.75) is 26.8 Å². The van der Waals surface area contributed by atoms with Crippen LogP contribution in [-0.4, -0.2) is 23.8 Å². The average molecular weight is 415 g/mol. The highest BCUT2D eigenvalue weighted by molar-refractivity contribution is 6.10. The lowest BCUT2D eigenvalue weighted by Crippen LogP contribution is -2.31. The van der Waals surface area contributed by atoms with Crippen LogP contribution in [-0.2, 0) is 0 Å². The van der Waals surface area contributed by atoms with E-state index in [1.54, 1.807) is 66.7 Å². The Morgan fingerprint density at radius 1 is 0.677 bits per heavy atom. The molecule has 0 saturated heterocycles. The number of anilines is 2. The Bertz CT molecular complexity index is 1110. The molecule has 0 bridgehead atoms. The van der Waals surface area contributed by atoms with Gasteiger partial charge in [0.25, 0.3) is 17.7 Å². The predicted octanol–water partition coefficient (Wildman–Crippen LogP) is 4.64. The van der Waals surface area contributed by atoms with E-state index in [1.807, 2.05) is 26.8 Å². The van der Waals surface area contributed by atoms with Crippen molar-refractivity contribution in [3.8, 4) is 0 Å². The fourth-order valence-corrected chi connectivity index (χ4v) is 3.01. The van der Waals surface area contributed by atoms with Gasteiger partial charge >= 0.3 is 0 Å². The molecule has 0 unspecified atom stereocenters. The number of nitrogens with one attached hydrogen (secondary N) is 3. The summed E-state index contributed by atoms with van der Waals surface area (Å²) in [4.78, 5) is 37.8. The van der Waals surface area contributed by atoms with Gasteiger partial charge in [-0.3, -0.25) is 14.4 Å². The largest absolute Gasteiger partial charge is 0.350 e. The third-order valence-corrected chi connectivity index (χ3v) is 4.62. The maximum absolute atomic E-state index is 12.9. The number of amides is 3. The van der Waals surface area contributed by atoms with Gasteiger partial charge in [0.1, 0.15) is 0 Å². The molecule has 0 atom stereocenters. The third kappa shape index (κ3) is 5.57. The first-order chi connectivity index (χ1) is 14.8. The second-order valence-corrected chi connectivity index (χ2v) is 7.48. The molecule has 0 aliphatic rings. The second kappa shape index (κ2) is 9.71. The van der Waals surface area contributed by atoms with Crippen molar-refractivity contribution < 1.29 is 14.4 Å². The zero-order valence-electron chi connectivity index (χ0n) is 17.7. The Balaban J connectivity index is 1.80. The summed E-state index contributed by atoms with van der Waals surface area (Å²) in [7, 11) is 0. The van der Waals surface area contributed by atoms with Gasteiger partial charge in [0.05, 0.1) is 11.3 Å². The normalized spacial score (nSPS) is 10.5. The van der Waals surface area contributed by atoms with Crippen molar-refractivity contribution in [2.75, 3.05) is 10.6 Å². The molecule has 3 N–H and O–H groups in total. The first-order valence-electron chi connectivity index (χ1n) is 10.0. The Kier molecular flexibility index (Phi) is 6.82. The summed E-state index contributed by atoms with van der Waals surface area (Å²) in [5, 5.41) is 8.48. The lowest BCUT2D eigenvalue weighted by atomic mass is 10.1. The number of rotatable bonds is 6. The summed E-state index contributed by atoms with van der Waals surface area (Å²) in [5.74, 6) is -0.886. The van der Waals surface area contributed by atoms with E-state index in [0.717, 1.165) is 5.56 Å². The zero-order chi connectivity index (χ0) is 22.4. The predicted molar refractivity (Wildman–Crippen MR) is 123 cm³/mol. The van der Waals surface area contributed by atoms with E-state index >= 15 is 0 Å². The van der Waals surface area contributed by atoms with Crippen LogP contribution in [0.3, 0.4) is 0 Å². The fourth-order valence-electron chi connectivity index (χ4n) is 3.01. The van der Waals surface area contributed by atoms with Gasteiger partial charge in [-0.05, 0) is 62.7 Å². The highest BCUT2D eigenvalue weighted by Gasteiger charge is 2.16. The average Bonchev–Trinajstić information content (AvgIpc) is 2.75. The maximum atomic E-state index is 12.9. The molecule has 0 spiro atoms. The molecular formula is C25H25N3O3. The highest BCUT2D eigenvalue weighted by Crippen LogP contribution is 2.21. The highest BCUT2D eigenvalue weighted by atomic mass is 16.2. The number of para-hydroxylation sites is 1. The molecule has 0 heterocycles. The molecule has 3 amide bonds. The van der Waals surface area contributed by atoms with E-state index in [-0.39, 0.29) is 23.8 Å². The van der Waals surface area contributed by atoms with E-state index in [1.165, 1.54) is 0 Å². The quantitative estimate of drug-likeness (QED) is 0.548. The van der Waals surface area contributed by atoms with Crippen LogP contribution in [0.5, 0.6) is 0 Å². The molecule has 0 saturated carbocycles. The number of carbonyl (C=O) groups excluding carboxylic acids is 3. The molecule has 158 valence electrons. The van der Waals surface area contributed by atoms with E-state index < -0.39 is 0 Å². The summed E-state index contributed by atoms with van der Waals surface area (Å²) in [6, 6.07) is 20.8. The van der Waals surface area contributed by atoms with Gasteiger partial charge in [0.2, 0.25) is 0 Å². The van der Waals surface area contributed by atoms with E-state index in [4.69, 9.17) is 0 Å². The summed E-state index contributed by atoms with van der Waals surface area (Å²) in [6.07, 6.45) is 0. The molecule has 0 radical (unpaired) electrons. The molecule has 0 aromatic heterocycles. The molecule has 6 heteroatoms. The van der Waals surface area contributed by atoms with Crippen molar-refractivity contribution in [2.24, 2.45) is 0 Å². The zero-order valence-corrected chi connectivity index (χ0v) is 17.7. The van der Waals surface area contributed by atoms with E-state index in [0.29, 0.717) is 28.1 Å². The summed E-state index contributed by atoms with van der Waals surface area (Å²) >= 11 is 0. The van der Waals surface area contributed by atoms with E-state index in [9.17, 15) is 14.4 Å². The van der Waals surface area contributed by atoms with Crippen LogP contribution < -0.4 is 16.0 Å². The molecule has 0 aliphatic carbocycles. The van der Waals surface area contributed by atoms with Gasteiger partial charge in [0.15, 0.2) is 0 Å². The number of benzene rings is 3. The molecule has 6 nitrogen and oxygen atoms in total. The summed E-state index contributed by atoms with van der Waals surface area (Å²) in [5.41, 5.74) is 3.08. The van der Waals surface area contributed by atoms with Crippen LogP contribution in [0.4, 0.5) is 11.4 Å². The second-order valence-electron chi connectivity index (χ2n) is 7.48. The molecule has 3 rings (SSSR count). The van der Waals surface area contributed by atoms with Gasteiger partial charge in [-0.25, -0.2) is 0 Å². The Hall–Kier alpha value is -3.93. The van der Waals surface area contributed by atoms with Gasteiger partial charge in [0, 0.05) is 22.9 Å². The van der Waals surface area contributed by atoms with Crippen molar-refractivity contribution in [3.05, 3.63) is 95.1 Å². The van der Waals surface area contributed by atoms with Crippen LogP contribution in [0.1, 0.15) is 50.5 Å². The summed E-state index contributed by atoms with van der Waals surface area (Å²) < 4.78 is 0. The van der Waals surface area contributed by atoms with Crippen LogP contribution in [0, 0.1) is 6.92 Å². The van der Waals surface area contributed by atoms with Crippen molar-refractivity contribution in [1.29, 1.82) is 0 Å². The van der Waals surface area contributed by atoms with Crippen molar-refractivity contribution in [3.63, 3.8) is 0 Å². The van der Waals surface area contributed by atoms with Crippen LogP contribution >= 0.6 is 0 Å². The van der Waals surface area contributed by atoms with Crippen LogP contribution in [0.25, 0.3) is 0 Å². The van der Waals surface area contributed by atoms with Gasteiger partial charge in [-0.1, -0.05) is 36.4 Å². The van der Waals surface area contributed by atoms with Crippen molar-refractivity contribution in [1.82, 2.24) is 5.32 Å². The summed E-state index contributed by atoms with van der Waals surface area (Å²) in [6.45, 7) is 5.60. The minimum atomic E-state index is -0.375. The number of aryl methyl sites for hydroxylation is 1. The third-order valence-electron chi connectivity index (χ3n) is 4.62. The smallest absolute Gasteiger partial charge is 0.255 e. The first kappa shape index (κ1) is 21.8. The molecule has 0 aliphatic heterocycles. The number of carbonyl (C=O) groups is 3. The lowest BCUT2D eigenvalue weighted by Gasteiger charge is -2.14. The topological polar surface area (TPSA) is 87.3 Å². The van der Waals surface area contributed by atoms with E-state index in [2.05, 4.69) is 16.0 Å². The fraction of sp³-hybridized carbons (Fsp3) is 0.160. The minimum Gasteiger partial charge on any atom is -0.350 e. The SMILES string of the molecule is Cc1ccc(C(=O)Nc2ccccc2C(=O)NC(C)C)cc1NC(=O)c1ccccc1. The van der Waals surface area contributed by atoms with Gasteiger partial charge in [-0.15, -0.1) is 0 Å².